The smallest absolute Gasteiger partial charge is 0.405 e. The number of carbonyl (C=O) groups is 1. The molecule has 1 aliphatic rings. The van der Waals surface area contributed by atoms with E-state index in [1.165, 1.54) is 35.5 Å². The zero-order valence-corrected chi connectivity index (χ0v) is 11.1. The van der Waals surface area contributed by atoms with E-state index >= 15 is 0 Å². The van der Waals surface area contributed by atoms with Gasteiger partial charge >= 0.3 is 6.36 Å². The van der Waals surface area contributed by atoms with Gasteiger partial charge in [0.05, 0.1) is 0 Å². The van der Waals surface area contributed by atoms with Gasteiger partial charge in [-0.3, -0.25) is 10.2 Å². The zero-order valence-electron chi connectivity index (χ0n) is 11.1. The molecule has 3 rings (SSSR count). The fourth-order valence-electron chi connectivity index (χ4n) is 2.30. The summed E-state index contributed by atoms with van der Waals surface area (Å²) in [5.41, 5.74) is 2.92. The second kappa shape index (κ2) is 5.32. The molecule has 0 saturated heterocycles. The van der Waals surface area contributed by atoms with Gasteiger partial charge in [0.1, 0.15) is 18.4 Å². The Bertz CT molecular complexity index is 672. The molecular weight excluding hydrogens is 301 g/mol. The summed E-state index contributed by atoms with van der Waals surface area (Å²) in [7, 11) is 0. The van der Waals surface area contributed by atoms with Crippen LogP contribution in [0.3, 0.4) is 0 Å². The highest BCUT2D eigenvalue weighted by atomic mass is 19.4. The zero-order chi connectivity index (χ0) is 15.7. The highest BCUT2D eigenvalue weighted by Crippen LogP contribution is 2.51. The first-order valence-electron chi connectivity index (χ1n) is 6.44. The number of nitrogens with zero attached hydrogens (tertiary/aromatic N) is 3. The van der Waals surface area contributed by atoms with Crippen molar-refractivity contribution in [2.24, 2.45) is 5.92 Å². The first-order chi connectivity index (χ1) is 10.4. The van der Waals surface area contributed by atoms with E-state index < -0.39 is 12.3 Å². The molecule has 0 unspecified atom stereocenters. The second-order valence-electron chi connectivity index (χ2n) is 4.88. The topological polar surface area (TPSA) is 69.0 Å². The maximum atomic E-state index is 12.4. The molecule has 1 saturated carbocycles. The molecule has 0 radical (unpaired) electrons. The SMILES string of the molecule is O=C(Nn1cnnc1)[C@H]1C[C@H]1c1ccccc1OC(F)(F)F. The van der Waals surface area contributed by atoms with Crippen LogP contribution in [-0.2, 0) is 4.79 Å². The van der Waals surface area contributed by atoms with Gasteiger partial charge in [-0.05, 0) is 24.0 Å². The Labute approximate surface area is 122 Å². The van der Waals surface area contributed by atoms with Crippen molar-refractivity contribution < 1.29 is 22.7 Å². The molecule has 0 bridgehead atoms. The van der Waals surface area contributed by atoms with E-state index in [2.05, 4.69) is 20.4 Å². The van der Waals surface area contributed by atoms with Crippen LogP contribution < -0.4 is 10.2 Å². The fourth-order valence-corrected chi connectivity index (χ4v) is 2.30. The number of amides is 1. The van der Waals surface area contributed by atoms with Gasteiger partial charge in [-0.1, -0.05) is 18.2 Å². The molecule has 1 aromatic heterocycles. The van der Waals surface area contributed by atoms with Crippen LogP contribution in [0.2, 0.25) is 0 Å². The average Bonchev–Trinajstić information content (AvgIpc) is 3.08. The molecule has 1 aliphatic carbocycles. The maximum Gasteiger partial charge on any atom is 0.573 e. The van der Waals surface area contributed by atoms with E-state index in [0.717, 1.165) is 0 Å². The Morgan fingerprint density at radius 1 is 1.27 bits per heavy atom. The molecule has 1 amide bonds. The first kappa shape index (κ1) is 14.4. The van der Waals surface area contributed by atoms with Gasteiger partial charge in [-0.2, -0.15) is 0 Å². The predicted octanol–water partition coefficient (Wildman–Crippen LogP) is 2.05. The third-order valence-electron chi connectivity index (χ3n) is 3.33. The van der Waals surface area contributed by atoms with Crippen molar-refractivity contribution in [3.05, 3.63) is 42.5 Å². The summed E-state index contributed by atoms with van der Waals surface area (Å²) >= 11 is 0. The van der Waals surface area contributed by atoms with Crippen LogP contribution in [0.25, 0.3) is 0 Å². The minimum atomic E-state index is -4.76. The van der Waals surface area contributed by atoms with Gasteiger partial charge in [0.2, 0.25) is 5.91 Å². The Morgan fingerprint density at radius 3 is 2.64 bits per heavy atom. The Hall–Kier alpha value is -2.58. The number of hydrogen-bond donors (Lipinski definition) is 1. The summed E-state index contributed by atoms with van der Waals surface area (Å²) in [6, 6.07) is 5.86. The van der Waals surface area contributed by atoms with Gasteiger partial charge in [0.25, 0.3) is 0 Å². The summed E-state index contributed by atoms with van der Waals surface area (Å²) in [5.74, 6) is -1.26. The van der Waals surface area contributed by atoms with E-state index in [4.69, 9.17) is 0 Å². The Balaban J connectivity index is 1.70. The number of nitrogens with one attached hydrogen (secondary N) is 1. The molecule has 0 aliphatic heterocycles. The summed E-state index contributed by atoms with van der Waals surface area (Å²) in [5, 5.41) is 7.08. The Morgan fingerprint density at radius 2 is 1.95 bits per heavy atom. The average molecular weight is 312 g/mol. The van der Waals surface area contributed by atoms with Gasteiger partial charge in [0.15, 0.2) is 0 Å². The number of alkyl halides is 3. The lowest BCUT2D eigenvalue weighted by Crippen LogP contribution is -2.23. The van der Waals surface area contributed by atoms with E-state index in [9.17, 15) is 18.0 Å². The third kappa shape index (κ3) is 3.18. The molecule has 2 aromatic rings. The predicted molar refractivity (Wildman–Crippen MR) is 68.4 cm³/mol. The van der Waals surface area contributed by atoms with Crippen LogP contribution >= 0.6 is 0 Å². The van der Waals surface area contributed by atoms with Gasteiger partial charge in [0, 0.05) is 5.92 Å². The van der Waals surface area contributed by atoms with Crippen molar-refractivity contribution in [2.45, 2.75) is 18.7 Å². The van der Waals surface area contributed by atoms with Crippen molar-refractivity contribution in [3.8, 4) is 5.75 Å². The van der Waals surface area contributed by atoms with Crippen molar-refractivity contribution in [1.29, 1.82) is 0 Å². The number of hydrogen-bond acceptors (Lipinski definition) is 4. The van der Waals surface area contributed by atoms with Crippen LogP contribution in [0.15, 0.2) is 36.9 Å². The van der Waals surface area contributed by atoms with Crippen LogP contribution in [0.5, 0.6) is 5.75 Å². The molecule has 1 fully saturated rings. The van der Waals surface area contributed by atoms with Crippen molar-refractivity contribution >= 4 is 5.91 Å². The molecule has 1 aromatic carbocycles. The number of aromatic nitrogens is 3. The van der Waals surface area contributed by atoms with Crippen molar-refractivity contribution in [1.82, 2.24) is 14.9 Å². The minimum Gasteiger partial charge on any atom is -0.405 e. The molecule has 0 spiro atoms. The molecule has 9 heteroatoms. The third-order valence-corrected chi connectivity index (χ3v) is 3.33. The number of para-hydroxylation sites is 1. The summed E-state index contributed by atoms with van der Waals surface area (Å²) < 4.78 is 42.5. The lowest BCUT2D eigenvalue weighted by molar-refractivity contribution is -0.274. The van der Waals surface area contributed by atoms with Crippen molar-refractivity contribution in [3.63, 3.8) is 0 Å². The van der Waals surface area contributed by atoms with Crippen LogP contribution in [0, 0.1) is 5.92 Å². The van der Waals surface area contributed by atoms with E-state index in [1.54, 1.807) is 6.07 Å². The summed E-state index contributed by atoms with van der Waals surface area (Å²) in [6.07, 6.45) is -1.66. The number of benzene rings is 1. The lowest BCUT2D eigenvalue weighted by Gasteiger charge is -2.13. The maximum absolute atomic E-state index is 12.4. The number of carbonyl (C=O) groups excluding carboxylic acids is 1. The number of rotatable bonds is 4. The quantitative estimate of drug-likeness (QED) is 0.938. The standard InChI is InChI=1S/C13H11F3N4O2/c14-13(15,16)22-11-4-2-1-3-8(11)9-5-10(9)12(21)19-20-6-17-18-7-20/h1-4,6-7,9-10H,5H2,(H,19,21)/t9-,10-/m0/s1. The molecule has 1 heterocycles. The molecular formula is C13H11F3N4O2. The molecule has 6 nitrogen and oxygen atoms in total. The largest absolute Gasteiger partial charge is 0.573 e. The van der Waals surface area contributed by atoms with Crippen LogP contribution in [-0.4, -0.2) is 27.1 Å². The highest BCUT2D eigenvalue weighted by Gasteiger charge is 2.46. The van der Waals surface area contributed by atoms with Crippen molar-refractivity contribution in [2.75, 3.05) is 5.43 Å². The Kier molecular flexibility index (Phi) is 3.47. The summed E-state index contributed by atoms with van der Waals surface area (Å²) in [4.78, 5) is 12.0. The number of ether oxygens (including phenoxy) is 1. The molecule has 1 N–H and O–H groups in total. The van der Waals surface area contributed by atoms with Crippen LogP contribution in [0.4, 0.5) is 13.2 Å². The normalized spacial score (nSPS) is 20.5. The van der Waals surface area contributed by atoms with Gasteiger partial charge in [-0.25, -0.2) is 4.68 Å². The minimum absolute atomic E-state index is 0.264. The van der Waals surface area contributed by atoms with E-state index in [-0.39, 0.29) is 17.6 Å². The van der Waals surface area contributed by atoms with E-state index in [1.807, 2.05) is 0 Å². The van der Waals surface area contributed by atoms with E-state index in [0.29, 0.717) is 12.0 Å². The van der Waals surface area contributed by atoms with Gasteiger partial charge in [-0.15, -0.1) is 23.4 Å². The first-order valence-corrected chi connectivity index (χ1v) is 6.44. The van der Waals surface area contributed by atoms with Crippen LogP contribution in [0.1, 0.15) is 17.9 Å². The van der Waals surface area contributed by atoms with Gasteiger partial charge < -0.3 is 4.74 Å². The molecule has 2 atom stereocenters. The lowest BCUT2D eigenvalue weighted by atomic mass is 10.1. The molecule has 22 heavy (non-hydrogen) atoms. The fraction of sp³-hybridized carbons (Fsp3) is 0.308. The highest BCUT2D eigenvalue weighted by molar-refractivity contribution is 5.89. The summed E-state index contributed by atoms with van der Waals surface area (Å²) in [6.45, 7) is 0. The monoisotopic (exact) mass is 312 g/mol. The number of halogens is 3. The second-order valence-corrected chi connectivity index (χ2v) is 4.88. The molecule has 116 valence electrons.